The number of carbonyl (C=O) groups excluding carboxylic acids is 1. The number of aryl methyl sites for hydroxylation is 1. The predicted molar refractivity (Wildman–Crippen MR) is 91.2 cm³/mol. The van der Waals surface area contributed by atoms with Gasteiger partial charge >= 0.3 is 0 Å². The second-order valence-electron chi connectivity index (χ2n) is 5.22. The van der Waals surface area contributed by atoms with Crippen LogP contribution in [-0.4, -0.2) is 45.7 Å². The third-order valence-corrected chi connectivity index (χ3v) is 5.11. The lowest BCUT2D eigenvalue weighted by atomic mass is 10.1. The molecule has 0 spiro atoms. The van der Waals surface area contributed by atoms with Gasteiger partial charge in [-0.1, -0.05) is 34.1 Å². The van der Waals surface area contributed by atoms with Crippen molar-refractivity contribution in [3.8, 4) is 0 Å². The molecular weight excluding hydrogens is 364 g/mol. The first-order valence-electron chi connectivity index (χ1n) is 7.28. The maximum atomic E-state index is 12.3. The van der Waals surface area contributed by atoms with Crippen LogP contribution in [0.2, 0.25) is 0 Å². The van der Waals surface area contributed by atoms with Gasteiger partial charge in [-0.3, -0.25) is 4.79 Å². The van der Waals surface area contributed by atoms with E-state index in [1.165, 1.54) is 17.3 Å². The Hall–Kier alpha value is -1.47. The molecule has 2 heterocycles. The summed E-state index contributed by atoms with van der Waals surface area (Å²) in [6, 6.07) is 8.07. The summed E-state index contributed by atoms with van der Waals surface area (Å²) in [4.78, 5) is 16.5. The molecule has 1 amide bonds. The van der Waals surface area contributed by atoms with E-state index in [9.17, 15) is 4.79 Å². The molecule has 1 aliphatic heterocycles. The Morgan fingerprint density at radius 3 is 2.68 bits per heavy atom. The largest absolute Gasteiger partial charge is 0.351 e. The third kappa shape index (κ3) is 3.64. The van der Waals surface area contributed by atoms with Crippen molar-refractivity contribution in [1.82, 2.24) is 13.6 Å². The highest BCUT2D eigenvalue weighted by molar-refractivity contribution is 9.10. The summed E-state index contributed by atoms with van der Waals surface area (Å²) < 4.78 is 9.34. The van der Waals surface area contributed by atoms with Crippen LogP contribution in [-0.2, 0) is 11.2 Å². The van der Waals surface area contributed by atoms with Crippen LogP contribution < -0.4 is 4.90 Å². The number of aromatic nitrogens is 2. The lowest BCUT2D eigenvalue weighted by Crippen LogP contribution is -2.49. The van der Waals surface area contributed by atoms with Crippen LogP contribution in [0.3, 0.4) is 0 Å². The molecule has 2 aromatic rings. The maximum Gasteiger partial charge on any atom is 0.223 e. The van der Waals surface area contributed by atoms with Gasteiger partial charge in [0.15, 0.2) is 5.82 Å². The van der Waals surface area contributed by atoms with Gasteiger partial charge < -0.3 is 9.80 Å². The van der Waals surface area contributed by atoms with Gasteiger partial charge in [-0.15, -0.1) is 0 Å². The highest BCUT2D eigenvalue weighted by Crippen LogP contribution is 2.18. The van der Waals surface area contributed by atoms with E-state index in [0.29, 0.717) is 6.42 Å². The van der Waals surface area contributed by atoms with Gasteiger partial charge in [0.05, 0.1) is 17.9 Å². The van der Waals surface area contributed by atoms with Crippen molar-refractivity contribution in [2.24, 2.45) is 0 Å². The summed E-state index contributed by atoms with van der Waals surface area (Å²) in [6.07, 6.45) is 3.12. The Morgan fingerprint density at radius 2 is 2.00 bits per heavy atom. The Morgan fingerprint density at radius 1 is 1.23 bits per heavy atom. The molecule has 0 N–H and O–H groups in total. The van der Waals surface area contributed by atoms with Crippen LogP contribution in [0.25, 0.3) is 0 Å². The molecule has 116 valence electrons. The van der Waals surface area contributed by atoms with E-state index in [2.05, 4.69) is 35.6 Å². The molecule has 0 radical (unpaired) electrons. The van der Waals surface area contributed by atoms with Crippen molar-refractivity contribution in [3.05, 3.63) is 40.5 Å². The molecule has 0 saturated carbocycles. The van der Waals surface area contributed by atoms with Crippen molar-refractivity contribution < 1.29 is 4.79 Å². The topological polar surface area (TPSA) is 49.3 Å². The van der Waals surface area contributed by atoms with Crippen LogP contribution in [0.4, 0.5) is 5.82 Å². The molecule has 0 aliphatic carbocycles. The zero-order chi connectivity index (χ0) is 15.4. The Balaban J connectivity index is 1.49. The smallest absolute Gasteiger partial charge is 0.223 e. The van der Waals surface area contributed by atoms with Crippen molar-refractivity contribution in [2.75, 3.05) is 31.1 Å². The fourth-order valence-corrected chi connectivity index (χ4v) is 3.50. The normalized spacial score (nSPS) is 15.1. The number of piperazine rings is 1. The predicted octanol–water partition coefficient (Wildman–Crippen LogP) is 2.58. The van der Waals surface area contributed by atoms with Gasteiger partial charge in [0.1, 0.15) is 0 Å². The first-order chi connectivity index (χ1) is 10.7. The molecule has 1 aromatic heterocycles. The Bertz CT molecular complexity index is 626. The molecule has 0 unspecified atom stereocenters. The average molecular weight is 381 g/mol. The number of nitrogens with zero attached hydrogens (tertiary/aromatic N) is 4. The molecule has 1 fully saturated rings. The fraction of sp³-hybridized carbons (Fsp3) is 0.400. The third-order valence-electron chi connectivity index (χ3n) is 3.87. The number of rotatable bonds is 4. The number of halogens is 1. The van der Waals surface area contributed by atoms with Gasteiger partial charge in [-0.2, -0.15) is 8.75 Å². The van der Waals surface area contributed by atoms with E-state index in [4.69, 9.17) is 0 Å². The second kappa shape index (κ2) is 7.19. The van der Waals surface area contributed by atoms with E-state index >= 15 is 0 Å². The minimum absolute atomic E-state index is 0.229. The molecule has 1 aliphatic rings. The van der Waals surface area contributed by atoms with E-state index in [-0.39, 0.29) is 5.91 Å². The number of benzene rings is 1. The lowest BCUT2D eigenvalue weighted by molar-refractivity contribution is -0.131. The van der Waals surface area contributed by atoms with Gasteiger partial charge in [0, 0.05) is 37.1 Å². The molecular formula is C15H17BrN4OS. The molecule has 1 saturated heterocycles. The highest BCUT2D eigenvalue weighted by Gasteiger charge is 2.22. The monoisotopic (exact) mass is 380 g/mol. The molecule has 3 rings (SSSR count). The molecule has 7 heteroatoms. The van der Waals surface area contributed by atoms with Crippen LogP contribution in [0.5, 0.6) is 0 Å². The average Bonchev–Trinajstić information content (AvgIpc) is 3.08. The van der Waals surface area contributed by atoms with Gasteiger partial charge in [-0.25, -0.2) is 0 Å². The molecule has 5 nitrogen and oxygen atoms in total. The van der Waals surface area contributed by atoms with Crippen molar-refractivity contribution in [3.63, 3.8) is 0 Å². The van der Waals surface area contributed by atoms with Crippen LogP contribution in [0.1, 0.15) is 12.0 Å². The van der Waals surface area contributed by atoms with Crippen molar-refractivity contribution >= 4 is 39.4 Å². The minimum atomic E-state index is 0.229. The fourth-order valence-electron chi connectivity index (χ4n) is 2.58. The summed E-state index contributed by atoms with van der Waals surface area (Å²) in [6.45, 7) is 3.16. The number of amides is 1. The van der Waals surface area contributed by atoms with Crippen LogP contribution in [0, 0.1) is 0 Å². The molecule has 22 heavy (non-hydrogen) atoms. The number of carbonyl (C=O) groups is 1. The zero-order valence-electron chi connectivity index (χ0n) is 12.1. The van der Waals surface area contributed by atoms with Gasteiger partial charge in [0.25, 0.3) is 0 Å². The van der Waals surface area contributed by atoms with E-state index < -0.39 is 0 Å². The Kier molecular flexibility index (Phi) is 5.04. The summed E-state index contributed by atoms with van der Waals surface area (Å²) in [5.41, 5.74) is 1.18. The van der Waals surface area contributed by atoms with E-state index in [1.54, 1.807) is 6.20 Å². The number of anilines is 1. The summed E-state index contributed by atoms with van der Waals surface area (Å²) in [7, 11) is 0. The van der Waals surface area contributed by atoms with Crippen molar-refractivity contribution in [1.29, 1.82) is 0 Å². The zero-order valence-corrected chi connectivity index (χ0v) is 14.5. The molecule has 0 atom stereocenters. The molecule has 0 bridgehead atoms. The number of hydrogen-bond donors (Lipinski definition) is 0. The van der Waals surface area contributed by atoms with Crippen molar-refractivity contribution in [2.45, 2.75) is 12.8 Å². The summed E-state index contributed by atoms with van der Waals surface area (Å²) in [5, 5.41) is 0. The van der Waals surface area contributed by atoms with Gasteiger partial charge in [-0.05, 0) is 18.1 Å². The van der Waals surface area contributed by atoms with E-state index in [0.717, 1.165) is 42.9 Å². The highest BCUT2D eigenvalue weighted by atomic mass is 79.9. The lowest BCUT2D eigenvalue weighted by Gasteiger charge is -2.34. The Labute approximate surface area is 142 Å². The summed E-state index contributed by atoms with van der Waals surface area (Å²) >= 11 is 4.75. The quantitative estimate of drug-likeness (QED) is 0.817. The first kappa shape index (κ1) is 15.4. The minimum Gasteiger partial charge on any atom is -0.351 e. The standard InChI is InChI=1S/C15H17BrN4OS/c16-13-4-2-1-3-12(13)5-6-15(21)20-9-7-19(8-10-20)14-11-17-22-18-14/h1-4,11H,5-10H2. The van der Waals surface area contributed by atoms with Crippen LogP contribution in [0.15, 0.2) is 34.9 Å². The van der Waals surface area contributed by atoms with Crippen LogP contribution >= 0.6 is 27.7 Å². The molecule has 1 aromatic carbocycles. The van der Waals surface area contributed by atoms with E-state index in [1.807, 2.05) is 23.1 Å². The second-order valence-corrected chi connectivity index (χ2v) is 6.64. The summed E-state index contributed by atoms with van der Waals surface area (Å²) in [5.74, 6) is 1.15. The number of hydrogen-bond acceptors (Lipinski definition) is 5. The SMILES string of the molecule is O=C(CCc1ccccc1Br)N1CCN(c2cnsn2)CC1. The maximum absolute atomic E-state index is 12.3. The van der Waals surface area contributed by atoms with Gasteiger partial charge in [0.2, 0.25) is 5.91 Å². The first-order valence-corrected chi connectivity index (χ1v) is 8.80.